The summed E-state index contributed by atoms with van der Waals surface area (Å²) in [5, 5.41) is 0.890. The molecule has 1 amide bonds. The normalized spacial score (nSPS) is 16.3. The lowest BCUT2D eigenvalue weighted by molar-refractivity contribution is 0.0234. The molecule has 1 N–H and O–H groups in total. The van der Waals surface area contributed by atoms with Crippen molar-refractivity contribution < 1.29 is 9.63 Å². The molecule has 1 aliphatic carbocycles. The quantitative estimate of drug-likeness (QED) is 0.720. The number of aryl methyl sites for hydroxylation is 1. The number of amides is 1. The molecule has 0 fully saturated rings. The van der Waals surface area contributed by atoms with Crippen molar-refractivity contribution in [3.8, 4) is 0 Å². The SMILES string of the molecule is CC1CCc2nc3ccccc3c(C(=O)NOCc3ccccc3)c2C1. The number of hydrogen-bond donors (Lipinski definition) is 1. The zero-order chi connectivity index (χ0) is 17.9. The lowest BCUT2D eigenvalue weighted by Crippen LogP contribution is -2.27. The number of pyridine rings is 1. The lowest BCUT2D eigenvalue weighted by Gasteiger charge is -2.24. The minimum atomic E-state index is -0.190. The number of aromatic nitrogens is 1. The predicted molar refractivity (Wildman–Crippen MR) is 102 cm³/mol. The Morgan fingerprint density at radius 2 is 1.92 bits per heavy atom. The van der Waals surface area contributed by atoms with E-state index < -0.39 is 0 Å². The third-order valence-corrected chi connectivity index (χ3v) is 4.98. The maximum absolute atomic E-state index is 13.0. The molecular weight excluding hydrogens is 324 g/mol. The van der Waals surface area contributed by atoms with Gasteiger partial charge in [-0.25, -0.2) is 5.48 Å². The van der Waals surface area contributed by atoms with Crippen molar-refractivity contribution in [1.29, 1.82) is 0 Å². The highest BCUT2D eigenvalue weighted by Crippen LogP contribution is 2.31. The number of rotatable bonds is 4. The minimum Gasteiger partial charge on any atom is -0.269 e. The lowest BCUT2D eigenvalue weighted by atomic mass is 9.84. The van der Waals surface area contributed by atoms with Crippen molar-refractivity contribution in [3.63, 3.8) is 0 Å². The van der Waals surface area contributed by atoms with Crippen molar-refractivity contribution in [2.24, 2.45) is 5.92 Å². The van der Waals surface area contributed by atoms with Gasteiger partial charge in [-0.1, -0.05) is 55.5 Å². The maximum atomic E-state index is 13.0. The van der Waals surface area contributed by atoms with Crippen LogP contribution in [0.2, 0.25) is 0 Å². The molecule has 3 aromatic rings. The summed E-state index contributed by atoms with van der Waals surface area (Å²) < 4.78 is 0. The first kappa shape index (κ1) is 16.7. The summed E-state index contributed by atoms with van der Waals surface area (Å²) in [6, 6.07) is 17.6. The van der Waals surface area contributed by atoms with Gasteiger partial charge in [0, 0.05) is 11.1 Å². The Balaban J connectivity index is 1.63. The van der Waals surface area contributed by atoms with Crippen LogP contribution in [0.3, 0.4) is 0 Å². The highest BCUT2D eigenvalue weighted by Gasteiger charge is 2.25. The Bertz CT molecular complexity index is 938. The molecular formula is C22H22N2O2. The number of carbonyl (C=O) groups excluding carboxylic acids is 1. The molecule has 0 saturated carbocycles. The molecule has 4 nitrogen and oxygen atoms in total. The molecule has 0 radical (unpaired) electrons. The van der Waals surface area contributed by atoms with E-state index in [0.717, 1.165) is 47.0 Å². The molecule has 1 unspecified atom stereocenters. The molecule has 1 heterocycles. The number of carbonyl (C=O) groups is 1. The van der Waals surface area contributed by atoms with Crippen LogP contribution >= 0.6 is 0 Å². The van der Waals surface area contributed by atoms with Crippen LogP contribution in [-0.2, 0) is 24.3 Å². The molecule has 1 atom stereocenters. The van der Waals surface area contributed by atoms with Gasteiger partial charge in [0.25, 0.3) is 5.91 Å². The first-order valence-electron chi connectivity index (χ1n) is 9.09. The number of nitrogens with zero attached hydrogens (tertiary/aromatic N) is 1. The average molecular weight is 346 g/mol. The maximum Gasteiger partial charge on any atom is 0.275 e. The number of hydrogen-bond acceptors (Lipinski definition) is 3. The predicted octanol–water partition coefficient (Wildman–Crippen LogP) is 4.22. The molecule has 1 aliphatic rings. The third kappa shape index (κ3) is 3.33. The summed E-state index contributed by atoms with van der Waals surface area (Å²) in [5.41, 5.74) is 7.36. The van der Waals surface area contributed by atoms with E-state index in [1.165, 1.54) is 0 Å². The van der Waals surface area contributed by atoms with E-state index in [0.29, 0.717) is 18.1 Å². The summed E-state index contributed by atoms with van der Waals surface area (Å²) in [7, 11) is 0. The Kier molecular flexibility index (Phi) is 4.67. The summed E-state index contributed by atoms with van der Waals surface area (Å²) in [4.78, 5) is 23.2. The van der Waals surface area contributed by atoms with Gasteiger partial charge < -0.3 is 0 Å². The highest BCUT2D eigenvalue weighted by atomic mass is 16.6. The van der Waals surface area contributed by atoms with Crippen LogP contribution < -0.4 is 5.48 Å². The standard InChI is InChI=1S/C22H22N2O2/c1-15-11-12-20-18(13-15)21(17-9-5-6-10-19(17)23-20)22(25)24-26-14-16-7-3-2-4-8-16/h2-10,15H,11-14H2,1H3,(H,24,25). The van der Waals surface area contributed by atoms with Crippen LogP contribution in [-0.4, -0.2) is 10.9 Å². The molecule has 0 saturated heterocycles. The van der Waals surface area contributed by atoms with E-state index in [-0.39, 0.29) is 5.91 Å². The fourth-order valence-electron chi connectivity index (χ4n) is 3.63. The summed E-state index contributed by atoms with van der Waals surface area (Å²) in [6.45, 7) is 2.57. The Hall–Kier alpha value is -2.72. The van der Waals surface area contributed by atoms with Crippen LogP contribution in [0.4, 0.5) is 0 Å². The second-order valence-electron chi connectivity index (χ2n) is 6.98. The van der Waals surface area contributed by atoms with Crippen molar-refractivity contribution in [3.05, 3.63) is 77.0 Å². The van der Waals surface area contributed by atoms with Crippen LogP contribution in [0.5, 0.6) is 0 Å². The molecule has 0 spiro atoms. The monoisotopic (exact) mass is 346 g/mol. The molecule has 2 aromatic carbocycles. The van der Waals surface area contributed by atoms with E-state index in [1.54, 1.807) is 0 Å². The van der Waals surface area contributed by atoms with Gasteiger partial charge in [-0.3, -0.25) is 14.6 Å². The fourth-order valence-corrected chi connectivity index (χ4v) is 3.63. The van der Waals surface area contributed by atoms with Gasteiger partial charge in [0.15, 0.2) is 0 Å². The van der Waals surface area contributed by atoms with E-state index >= 15 is 0 Å². The van der Waals surface area contributed by atoms with Crippen LogP contribution in [0.25, 0.3) is 10.9 Å². The van der Waals surface area contributed by atoms with Crippen molar-refractivity contribution in [1.82, 2.24) is 10.5 Å². The number of benzene rings is 2. The van der Waals surface area contributed by atoms with Gasteiger partial charge in [0.2, 0.25) is 0 Å². The Morgan fingerprint density at radius 3 is 2.77 bits per heavy atom. The van der Waals surface area contributed by atoms with Gasteiger partial charge >= 0.3 is 0 Å². The molecule has 4 rings (SSSR count). The number of hydroxylamine groups is 1. The number of fused-ring (bicyclic) bond motifs is 2. The molecule has 132 valence electrons. The average Bonchev–Trinajstić information content (AvgIpc) is 2.67. The van der Waals surface area contributed by atoms with E-state index in [1.807, 2.05) is 54.6 Å². The summed E-state index contributed by atoms with van der Waals surface area (Å²) in [6.07, 6.45) is 2.92. The topological polar surface area (TPSA) is 51.2 Å². The Labute approximate surface area is 153 Å². The second kappa shape index (κ2) is 7.26. The van der Waals surface area contributed by atoms with Crippen LogP contribution in [0, 0.1) is 5.92 Å². The zero-order valence-electron chi connectivity index (χ0n) is 14.9. The third-order valence-electron chi connectivity index (χ3n) is 4.98. The van der Waals surface area contributed by atoms with Gasteiger partial charge in [-0.2, -0.15) is 0 Å². The number of nitrogens with one attached hydrogen (secondary N) is 1. The molecule has 0 aliphatic heterocycles. The van der Waals surface area contributed by atoms with Crippen molar-refractivity contribution in [2.75, 3.05) is 0 Å². The van der Waals surface area contributed by atoms with Gasteiger partial charge in [-0.05, 0) is 42.4 Å². The molecule has 0 bridgehead atoms. The summed E-state index contributed by atoms with van der Waals surface area (Å²) in [5.74, 6) is 0.368. The van der Waals surface area contributed by atoms with Crippen LogP contribution in [0.1, 0.15) is 40.5 Å². The van der Waals surface area contributed by atoms with E-state index in [4.69, 9.17) is 9.82 Å². The Morgan fingerprint density at radius 1 is 1.15 bits per heavy atom. The largest absolute Gasteiger partial charge is 0.275 e. The van der Waals surface area contributed by atoms with E-state index in [9.17, 15) is 4.79 Å². The second-order valence-corrected chi connectivity index (χ2v) is 6.98. The first-order chi connectivity index (χ1) is 12.7. The minimum absolute atomic E-state index is 0.190. The van der Waals surface area contributed by atoms with Crippen molar-refractivity contribution in [2.45, 2.75) is 32.8 Å². The van der Waals surface area contributed by atoms with Crippen LogP contribution in [0.15, 0.2) is 54.6 Å². The smallest absolute Gasteiger partial charge is 0.269 e. The molecule has 1 aromatic heterocycles. The van der Waals surface area contributed by atoms with Gasteiger partial charge in [0.1, 0.15) is 0 Å². The molecule has 4 heteroatoms. The molecule has 26 heavy (non-hydrogen) atoms. The van der Waals surface area contributed by atoms with Gasteiger partial charge in [0.05, 0.1) is 17.7 Å². The highest BCUT2D eigenvalue weighted by molar-refractivity contribution is 6.07. The number of para-hydroxylation sites is 1. The first-order valence-corrected chi connectivity index (χ1v) is 9.09. The van der Waals surface area contributed by atoms with Crippen molar-refractivity contribution >= 4 is 16.8 Å². The fraction of sp³-hybridized carbons (Fsp3) is 0.273. The van der Waals surface area contributed by atoms with E-state index in [2.05, 4.69) is 12.4 Å². The zero-order valence-corrected chi connectivity index (χ0v) is 14.9. The summed E-state index contributed by atoms with van der Waals surface area (Å²) >= 11 is 0. The van der Waals surface area contributed by atoms with Gasteiger partial charge in [-0.15, -0.1) is 0 Å².